The summed E-state index contributed by atoms with van der Waals surface area (Å²) in [5, 5.41) is 12.1. The van der Waals surface area contributed by atoms with Gasteiger partial charge in [-0.25, -0.2) is 0 Å². The molecule has 2 aromatic rings. The number of amides is 1. The topological polar surface area (TPSA) is 75.6 Å². The van der Waals surface area contributed by atoms with Crippen LogP contribution in [0.25, 0.3) is 0 Å². The number of ether oxygens (including phenoxy) is 1. The zero-order valence-electron chi connectivity index (χ0n) is 15.2. The first-order chi connectivity index (χ1) is 12.4. The van der Waals surface area contributed by atoms with Gasteiger partial charge in [-0.05, 0) is 43.5 Å². The average molecular weight is 355 g/mol. The highest BCUT2D eigenvalue weighted by molar-refractivity contribution is 5.90. The Labute approximate surface area is 154 Å². The molecule has 0 bridgehead atoms. The summed E-state index contributed by atoms with van der Waals surface area (Å²) < 4.78 is 5.56. The van der Waals surface area contributed by atoms with Crippen molar-refractivity contribution in [1.82, 2.24) is 0 Å². The van der Waals surface area contributed by atoms with Crippen molar-refractivity contribution in [2.75, 3.05) is 11.9 Å². The number of carboxylic acids is 1. The number of anilines is 1. The van der Waals surface area contributed by atoms with Crippen molar-refractivity contribution in [3.63, 3.8) is 0 Å². The molecule has 0 aromatic heterocycles. The molecule has 0 aliphatic rings. The number of rotatable bonds is 9. The van der Waals surface area contributed by atoms with Gasteiger partial charge in [-0.15, -0.1) is 0 Å². The summed E-state index contributed by atoms with van der Waals surface area (Å²) in [6, 6.07) is 16.8. The fourth-order valence-corrected chi connectivity index (χ4v) is 2.42. The average Bonchev–Trinajstić information content (AvgIpc) is 2.62. The lowest BCUT2D eigenvalue weighted by Crippen LogP contribution is -2.28. The minimum Gasteiger partial charge on any atom is -0.481 e. The highest BCUT2D eigenvalue weighted by Crippen LogP contribution is 2.24. The van der Waals surface area contributed by atoms with Crippen LogP contribution in [0.15, 0.2) is 54.6 Å². The Morgan fingerprint density at radius 3 is 2.31 bits per heavy atom. The van der Waals surface area contributed by atoms with Gasteiger partial charge in [0.25, 0.3) is 0 Å². The minimum absolute atomic E-state index is 0.0847. The van der Waals surface area contributed by atoms with E-state index in [4.69, 9.17) is 4.74 Å². The summed E-state index contributed by atoms with van der Waals surface area (Å²) in [4.78, 5) is 23.2. The van der Waals surface area contributed by atoms with Gasteiger partial charge in [0.15, 0.2) is 0 Å². The number of carbonyl (C=O) groups excluding carboxylic acids is 1. The molecule has 0 radical (unpaired) electrons. The maximum atomic E-state index is 12.0. The fourth-order valence-electron chi connectivity index (χ4n) is 2.42. The second-order valence-corrected chi connectivity index (χ2v) is 6.70. The van der Waals surface area contributed by atoms with Crippen LogP contribution in [0.3, 0.4) is 0 Å². The lowest BCUT2D eigenvalue weighted by atomic mass is 9.85. The molecular weight excluding hydrogens is 330 g/mol. The van der Waals surface area contributed by atoms with Crippen molar-refractivity contribution < 1.29 is 19.4 Å². The highest BCUT2D eigenvalue weighted by atomic mass is 16.5. The Kier molecular flexibility index (Phi) is 6.92. The molecular formula is C21H25NO4. The largest absolute Gasteiger partial charge is 0.481 e. The Morgan fingerprint density at radius 2 is 1.69 bits per heavy atom. The quantitative estimate of drug-likeness (QED) is 0.667. The normalized spacial score (nSPS) is 11.2. The highest BCUT2D eigenvalue weighted by Gasteiger charge is 2.29. The molecule has 0 aliphatic heterocycles. The number of benzene rings is 2. The number of hydrogen-bond donors (Lipinski definition) is 2. The number of nitrogens with one attached hydrogen (secondary N) is 1. The van der Waals surface area contributed by atoms with Crippen LogP contribution in [0.2, 0.25) is 0 Å². The Hall–Kier alpha value is -2.66. The second-order valence-electron chi connectivity index (χ2n) is 6.70. The van der Waals surface area contributed by atoms with Crippen LogP contribution in [-0.4, -0.2) is 23.6 Å². The van der Waals surface area contributed by atoms with E-state index in [0.717, 1.165) is 5.56 Å². The van der Waals surface area contributed by atoms with Crippen LogP contribution in [0.1, 0.15) is 37.8 Å². The van der Waals surface area contributed by atoms with E-state index in [1.165, 1.54) is 0 Å². The maximum Gasteiger partial charge on any atom is 0.313 e. The minimum atomic E-state index is -0.960. The van der Waals surface area contributed by atoms with Gasteiger partial charge in [0.05, 0.1) is 12.0 Å². The maximum absolute atomic E-state index is 12.0. The Balaban J connectivity index is 1.71. The van der Waals surface area contributed by atoms with Crippen molar-refractivity contribution in [2.24, 2.45) is 0 Å². The summed E-state index contributed by atoms with van der Waals surface area (Å²) in [5.74, 6) is -0.969. The van der Waals surface area contributed by atoms with E-state index < -0.39 is 11.4 Å². The van der Waals surface area contributed by atoms with Gasteiger partial charge in [-0.3, -0.25) is 9.59 Å². The summed E-state index contributed by atoms with van der Waals surface area (Å²) in [5.41, 5.74) is 1.50. The molecule has 2 N–H and O–H groups in total. The van der Waals surface area contributed by atoms with E-state index in [9.17, 15) is 14.7 Å². The second kappa shape index (κ2) is 9.15. The van der Waals surface area contributed by atoms with Gasteiger partial charge in [0, 0.05) is 18.7 Å². The molecule has 0 fully saturated rings. The van der Waals surface area contributed by atoms with Gasteiger partial charge >= 0.3 is 5.97 Å². The van der Waals surface area contributed by atoms with Gasteiger partial charge in [-0.1, -0.05) is 42.5 Å². The smallest absolute Gasteiger partial charge is 0.313 e. The third-order valence-electron chi connectivity index (χ3n) is 4.23. The van der Waals surface area contributed by atoms with Crippen LogP contribution in [0.4, 0.5) is 5.69 Å². The van der Waals surface area contributed by atoms with Gasteiger partial charge in [0.2, 0.25) is 5.91 Å². The van der Waals surface area contributed by atoms with E-state index in [0.29, 0.717) is 37.3 Å². The predicted octanol–water partition coefficient (Wildman–Crippen LogP) is 3.98. The van der Waals surface area contributed by atoms with Crippen molar-refractivity contribution >= 4 is 17.6 Å². The molecule has 0 aliphatic carbocycles. The third kappa shape index (κ3) is 5.70. The molecule has 0 spiro atoms. The van der Waals surface area contributed by atoms with Gasteiger partial charge in [-0.2, -0.15) is 0 Å². The van der Waals surface area contributed by atoms with Crippen LogP contribution >= 0.6 is 0 Å². The van der Waals surface area contributed by atoms with Crippen LogP contribution < -0.4 is 5.32 Å². The summed E-state index contributed by atoms with van der Waals surface area (Å²) in [7, 11) is 0. The summed E-state index contributed by atoms with van der Waals surface area (Å²) >= 11 is 0. The molecule has 5 heteroatoms. The first-order valence-electron chi connectivity index (χ1n) is 8.65. The molecule has 26 heavy (non-hydrogen) atoms. The first kappa shape index (κ1) is 19.7. The number of carboxylic acid groups (broad SMARTS) is 1. The molecule has 2 aromatic carbocycles. The van der Waals surface area contributed by atoms with Crippen LogP contribution in [0, 0.1) is 0 Å². The van der Waals surface area contributed by atoms with E-state index in [2.05, 4.69) is 5.32 Å². The van der Waals surface area contributed by atoms with Gasteiger partial charge in [0.1, 0.15) is 0 Å². The van der Waals surface area contributed by atoms with Crippen LogP contribution in [0.5, 0.6) is 0 Å². The van der Waals surface area contributed by atoms with Crippen molar-refractivity contribution in [2.45, 2.75) is 38.7 Å². The van der Waals surface area contributed by atoms with E-state index >= 15 is 0 Å². The summed E-state index contributed by atoms with van der Waals surface area (Å²) in [6.07, 6.45) is 1.01. The third-order valence-corrected chi connectivity index (χ3v) is 4.23. The zero-order valence-corrected chi connectivity index (χ0v) is 15.2. The number of carbonyl (C=O) groups is 2. The molecule has 0 heterocycles. The molecule has 0 saturated heterocycles. The lowest BCUT2D eigenvalue weighted by molar-refractivity contribution is -0.142. The SMILES string of the molecule is CC(C)(C(=O)O)c1ccc(NC(=O)CCCOCc2ccccc2)cc1. The molecule has 5 nitrogen and oxygen atoms in total. The molecule has 0 saturated carbocycles. The van der Waals surface area contributed by atoms with E-state index in [1.807, 2.05) is 30.3 Å². The molecule has 0 atom stereocenters. The first-order valence-corrected chi connectivity index (χ1v) is 8.65. The Bertz CT molecular complexity index is 723. The Morgan fingerprint density at radius 1 is 1.04 bits per heavy atom. The molecule has 1 amide bonds. The predicted molar refractivity (Wildman–Crippen MR) is 101 cm³/mol. The standard InChI is InChI=1S/C21H25NO4/c1-21(2,20(24)25)17-10-12-18(13-11-17)22-19(23)9-6-14-26-15-16-7-4-3-5-8-16/h3-5,7-8,10-13H,6,9,14-15H2,1-2H3,(H,22,23)(H,24,25). The molecule has 138 valence electrons. The lowest BCUT2D eigenvalue weighted by Gasteiger charge is -2.19. The van der Waals surface area contributed by atoms with Gasteiger partial charge < -0.3 is 15.2 Å². The monoisotopic (exact) mass is 355 g/mol. The summed E-state index contributed by atoms with van der Waals surface area (Å²) in [6.45, 7) is 4.37. The van der Waals surface area contributed by atoms with Crippen molar-refractivity contribution in [1.29, 1.82) is 0 Å². The van der Waals surface area contributed by atoms with Crippen molar-refractivity contribution in [3.05, 3.63) is 65.7 Å². The van der Waals surface area contributed by atoms with Crippen LogP contribution in [-0.2, 0) is 26.3 Å². The fraction of sp³-hybridized carbons (Fsp3) is 0.333. The zero-order chi connectivity index (χ0) is 19.0. The number of hydrogen-bond acceptors (Lipinski definition) is 3. The van der Waals surface area contributed by atoms with E-state index in [-0.39, 0.29) is 5.91 Å². The van der Waals surface area contributed by atoms with Crippen molar-refractivity contribution in [3.8, 4) is 0 Å². The molecule has 0 unspecified atom stereocenters. The number of aliphatic carboxylic acids is 1. The molecule has 2 rings (SSSR count). The van der Waals surface area contributed by atoms with E-state index in [1.54, 1.807) is 38.1 Å².